The molecule has 0 amide bonds. The Kier molecular flexibility index (Phi) is 4.79. The van der Waals surface area contributed by atoms with Crippen LogP contribution in [0.25, 0.3) is 0 Å². The largest absolute Gasteiger partial charge is 0.495 e. The van der Waals surface area contributed by atoms with Gasteiger partial charge in [-0.05, 0) is 37.6 Å². The number of rotatable bonds is 4. The van der Waals surface area contributed by atoms with Gasteiger partial charge in [0.25, 0.3) is 0 Å². The van der Waals surface area contributed by atoms with Crippen LogP contribution in [0.1, 0.15) is 16.7 Å². The van der Waals surface area contributed by atoms with Crippen molar-refractivity contribution in [2.24, 2.45) is 0 Å². The minimum atomic E-state index is 0.525. The Hall–Kier alpha value is -1.38. The molecule has 0 aliphatic rings. The molecule has 0 radical (unpaired) electrons. The first kappa shape index (κ1) is 15.0. The average Bonchev–Trinajstić information content (AvgIpc) is 2.37. The second kappa shape index (κ2) is 6.38. The van der Waals surface area contributed by atoms with Crippen LogP contribution < -0.4 is 10.1 Å². The van der Waals surface area contributed by atoms with E-state index in [9.17, 15) is 0 Å². The molecule has 0 atom stereocenters. The van der Waals surface area contributed by atoms with E-state index in [-0.39, 0.29) is 0 Å². The van der Waals surface area contributed by atoms with Crippen LogP contribution in [0.5, 0.6) is 5.75 Å². The van der Waals surface area contributed by atoms with Gasteiger partial charge in [-0.1, -0.05) is 40.9 Å². The molecule has 106 valence electrons. The molecule has 0 fully saturated rings. The summed E-state index contributed by atoms with van der Waals surface area (Å²) in [6.45, 7) is 4.77. The number of hydrogen-bond donors (Lipinski definition) is 1. The highest BCUT2D eigenvalue weighted by molar-refractivity contribution is 6.35. The van der Waals surface area contributed by atoms with Gasteiger partial charge in [0.15, 0.2) is 0 Å². The van der Waals surface area contributed by atoms with Crippen LogP contribution in [0.2, 0.25) is 10.0 Å². The highest BCUT2D eigenvalue weighted by Gasteiger charge is 2.10. The lowest BCUT2D eigenvalue weighted by Gasteiger charge is -2.14. The Balaban J connectivity index is 2.22. The molecule has 2 nitrogen and oxygen atoms in total. The molecule has 0 unspecified atom stereocenters. The Morgan fingerprint density at radius 3 is 2.50 bits per heavy atom. The van der Waals surface area contributed by atoms with Crippen molar-refractivity contribution in [3.05, 3.63) is 57.1 Å². The number of halogens is 2. The summed E-state index contributed by atoms with van der Waals surface area (Å²) in [4.78, 5) is 0. The molecule has 0 saturated carbocycles. The van der Waals surface area contributed by atoms with E-state index < -0.39 is 0 Å². The van der Waals surface area contributed by atoms with Crippen molar-refractivity contribution < 1.29 is 4.74 Å². The van der Waals surface area contributed by atoms with Gasteiger partial charge < -0.3 is 10.1 Å². The van der Waals surface area contributed by atoms with Gasteiger partial charge in [-0.3, -0.25) is 0 Å². The third kappa shape index (κ3) is 3.38. The first-order chi connectivity index (χ1) is 9.51. The van der Waals surface area contributed by atoms with Crippen LogP contribution in [0, 0.1) is 13.8 Å². The SMILES string of the molecule is COc1c(Cl)cc(Cl)cc1CNc1ccc(C)cc1C. The molecule has 0 aliphatic carbocycles. The van der Waals surface area contributed by atoms with Crippen LogP contribution in [-0.4, -0.2) is 7.11 Å². The van der Waals surface area contributed by atoms with Crippen molar-refractivity contribution in [2.45, 2.75) is 20.4 Å². The van der Waals surface area contributed by atoms with E-state index in [1.165, 1.54) is 11.1 Å². The molecule has 0 aliphatic heterocycles. The van der Waals surface area contributed by atoms with Gasteiger partial charge in [0.05, 0.1) is 12.1 Å². The molecule has 2 aromatic carbocycles. The fraction of sp³-hybridized carbons (Fsp3) is 0.250. The molecule has 0 heterocycles. The third-order valence-corrected chi connectivity index (χ3v) is 3.64. The van der Waals surface area contributed by atoms with E-state index in [0.29, 0.717) is 22.3 Å². The van der Waals surface area contributed by atoms with Crippen molar-refractivity contribution in [3.63, 3.8) is 0 Å². The number of methoxy groups -OCH3 is 1. The topological polar surface area (TPSA) is 21.3 Å². The molecule has 0 bridgehead atoms. The summed E-state index contributed by atoms with van der Waals surface area (Å²) in [5, 5.41) is 4.52. The van der Waals surface area contributed by atoms with E-state index >= 15 is 0 Å². The van der Waals surface area contributed by atoms with Crippen molar-refractivity contribution >= 4 is 28.9 Å². The fourth-order valence-corrected chi connectivity index (χ4v) is 2.79. The molecule has 0 spiro atoms. The number of ether oxygens (including phenoxy) is 1. The molecular weight excluding hydrogens is 293 g/mol. The van der Waals surface area contributed by atoms with Crippen LogP contribution >= 0.6 is 23.2 Å². The zero-order valence-electron chi connectivity index (χ0n) is 11.8. The molecule has 20 heavy (non-hydrogen) atoms. The number of nitrogens with one attached hydrogen (secondary N) is 1. The van der Waals surface area contributed by atoms with E-state index in [1.807, 2.05) is 6.07 Å². The maximum Gasteiger partial charge on any atom is 0.142 e. The van der Waals surface area contributed by atoms with Crippen molar-refractivity contribution in [1.82, 2.24) is 0 Å². The minimum Gasteiger partial charge on any atom is -0.495 e. The second-order valence-electron chi connectivity index (χ2n) is 4.75. The summed E-state index contributed by atoms with van der Waals surface area (Å²) >= 11 is 12.2. The predicted octanol–water partition coefficient (Wildman–Crippen LogP) is 5.23. The Morgan fingerprint density at radius 2 is 1.85 bits per heavy atom. The van der Waals surface area contributed by atoms with Crippen LogP contribution in [-0.2, 0) is 6.54 Å². The molecular formula is C16H17Cl2NO. The lowest BCUT2D eigenvalue weighted by atomic mass is 10.1. The molecule has 2 rings (SSSR count). The van der Waals surface area contributed by atoms with Crippen LogP contribution in [0.15, 0.2) is 30.3 Å². The number of benzene rings is 2. The molecule has 0 saturated heterocycles. The van der Waals surface area contributed by atoms with E-state index in [0.717, 1.165) is 11.3 Å². The van der Waals surface area contributed by atoms with Crippen molar-refractivity contribution in [3.8, 4) is 5.75 Å². The molecule has 4 heteroatoms. The van der Waals surface area contributed by atoms with Gasteiger partial charge in [0.2, 0.25) is 0 Å². The Morgan fingerprint density at radius 1 is 1.10 bits per heavy atom. The summed E-state index contributed by atoms with van der Waals surface area (Å²) in [6.07, 6.45) is 0. The maximum absolute atomic E-state index is 6.13. The highest BCUT2D eigenvalue weighted by atomic mass is 35.5. The highest BCUT2D eigenvalue weighted by Crippen LogP contribution is 2.32. The normalized spacial score (nSPS) is 10.4. The van der Waals surface area contributed by atoms with Gasteiger partial charge >= 0.3 is 0 Å². The van der Waals surface area contributed by atoms with Gasteiger partial charge in [0, 0.05) is 22.8 Å². The quantitative estimate of drug-likeness (QED) is 0.835. The monoisotopic (exact) mass is 309 g/mol. The predicted molar refractivity (Wildman–Crippen MR) is 86.3 cm³/mol. The second-order valence-corrected chi connectivity index (χ2v) is 5.60. The summed E-state index contributed by atoms with van der Waals surface area (Å²) in [5.41, 5.74) is 4.48. The molecule has 1 N–H and O–H groups in total. The van der Waals surface area contributed by atoms with E-state index in [2.05, 4.69) is 37.4 Å². The van der Waals surface area contributed by atoms with E-state index in [1.54, 1.807) is 13.2 Å². The smallest absolute Gasteiger partial charge is 0.142 e. The first-order valence-corrected chi connectivity index (χ1v) is 7.10. The Bertz CT molecular complexity index is 626. The summed E-state index contributed by atoms with van der Waals surface area (Å²) in [6, 6.07) is 9.84. The van der Waals surface area contributed by atoms with Gasteiger partial charge in [-0.2, -0.15) is 0 Å². The zero-order valence-corrected chi connectivity index (χ0v) is 13.3. The standard InChI is InChI=1S/C16H17Cl2NO/c1-10-4-5-15(11(2)6-10)19-9-12-7-13(17)8-14(18)16(12)20-3/h4-8,19H,9H2,1-3H3. The summed E-state index contributed by atoms with van der Waals surface area (Å²) in [5.74, 6) is 0.660. The average molecular weight is 310 g/mol. The van der Waals surface area contributed by atoms with Crippen molar-refractivity contribution in [1.29, 1.82) is 0 Å². The number of anilines is 1. The summed E-state index contributed by atoms with van der Waals surface area (Å²) in [7, 11) is 1.61. The zero-order chi connectivity index (χ0) is 14.7. The van der Waals surface area contributed by atoms with Crippen LogP contribution in [0.4, 0.5) is 5.69 Å². The van der Waals surface area contributed by atoms with Gasteiger partial charge in [-0.15, -0.1) is 0 Å². The number of aryl methyl sites for hydroxylation is 2. The molecule has 0 aromatic heterocycles. The fourth-order valence-electron chi connectivity index (χ4n) is 2.18. The van der Waals surface area contributed by atoms with E-state index in [4.69, 9.17) is 27.9 Å². The lowest BCUT2D eigenvalue weighted by Crippen LogP contribution is -2.03. The minimum absolute atomic E-state index is 0.525. The third-order valence-electron chi connectivity index (χ3n) is 3.14. The maximum atomic E-state index is 6.13. The lowest BCUT2D eigenvalue weighted by molar-refractivity contribution is 0.410. The summed E-state index contributed by atoms with van der Waals surface area (Å²) < 4.78 is 5.34. The first-order valence-electron chi connectivity index (χ1n) is 6.34. The van der Waals surface area contributed by atoms with Gasteiger partial charge in [-0.25, -0.2) is 0 Å². The van der Waals surface area contributed by atoms with Crippen LogP contribution in [0.3, 0.4) is 0 Å². The van der Waals surface area contributed by atoms with Crippen molar-refractivity contribution in [2.75, 3.05) is 12.4 Å². The molecule has 2 aromatic rings. The Labute approximate surface area is 129 Å². The van der Waals surface area contributed by atoms with Gasteiger partial charge in [0.1, 0.15) is 5.75 Å². The number of hydrogen-bond acceptors (Lipinski definition) is 2.